The first-order valence-electron chi connectivity index (χ1n) is 6.53. The van der Waals surface area contributed by atoms with Gasteiger partial charge < -0.3 is 4.74 Å². The molecule has 0 aliphatic carbocycles. The molecule has 0 atom stereocenters. The summed E-state index contributed by atoms with van der Waals surface area (Å²) in [6, 6.07) is 8.36. The maximum Gasteiger partial charge on any atom is 0.287 e. The molecular formula is C15H13BrN4O3. The van der Waals surface area contributed by atoms with Gasteiger partial charge in [-0.15, -0.1) is 0 Å². The summed E-state index contributed by atoms with van der Waals surface area (Å²) in [5, 5.41) is 14.6. The van der Waals surface area contributed by atoms with Crippen molar-refractivity contribution in [1.82, 2.24) is 4.98 Å². The molecule has 0 spiro atoms. The third kappa shape index (κ3) is 4.89. The molecule has 1 N–H and O–H groups in total. The van der Waals surface area contributed by atoms with Gasteiger partial charge in [0.15, 0.2) is 0 Å². The Bertz CT molecular complexity index is 732. The molecule has 0 aliphatic rings. The number of nitrogens with one attached hydrogen (secondary N) is 1. The number of hydrazone groups is 1. The number of benzene rings is 1. The largest absolute Gasteiger partial charge is 0.489 e. The molecule has 118 valence electrons. The van der Waals surface area contributed by atoms with E-state index in [-0.39, 0.29) is 5.69 Å². The molecule has 0 amide bonds. The lowest BCUT2D eigenvalue weighted by Crippen LogP contribution is -1.99. The lowest BCUT2D eigenvalue weighted by Gasteiger charge is -2.07. The standard InChI is InChI=1S/C15H13BrN4O3/c1-2-7-23-14-5-3-12(16)8-11(14)9-18-19-15-6-4-13(10-17-15)20(21)22/h2-6,8-10H,1,7H2,(H,17,19)/b18-9-. The van der Waals surface area contributed by atoms with Gasteiger partial charge in [0.05, 0.1) is 11.1 Å². The Morgan fingerprint density at radius 1 is 1.43 bits per heavy atom. The van der Waals surface area contributed by atoms with E-state index in [9.17, 15) is 10.1 Å². The number of anilines is 1. The third-order valence-electron chi connectivity index (χ3n) is 2.67. The van der Waals surface area contributed by atoms with E-state index >= 15 is 0 Å². The normalized spacial score (nSPS) is 10.5. The minimum absolute atomic E-state index is 0.0772. The summed E-state index contributed by atoms with van der Waals surface area (Å²) < 4.78 is 6.43. The zero-order chi connectivity index (χ0) is 16.7. The molecule has 2 aromatic rings. The Balaban J connectivity index is 2.08. The van der Waals surface area contributed by atoms with Crippen molar-refractivity contribution in [2.75, 3.05) is 12.0 Å². The third-order valence-corrected chi connectivity index (χ3v) is 3.16. The molecule has 23 heavy (non-hydrogen) atoms. The number of ether oxygens (including phenoxy) is 1. The van der Waals surface area contributed by atoms with Gasteiger partial charge in [0.25, 0.3) is 5.69 Å². The van der Waals surface area contributed by atoms with Gasteiger partial charge in [-0.25, -0.2) is 4.98 Å². The molecular weight excluding hydrogens is 364 g/mol. The van der Waals surface area contributed by atoms with Crippen LogP contribution in [0, 0.1) is 10.1 Å². The van der Waals surface area contributed by atoms with Gasteiger partial charge in [0.1, 0.15) is 24.4 Å². The van der Waals surface area contributed by atoms with Gasteiger partial charge in [-0.3, -0.25) is 15.5 Å². The molecule has 0 bridgehead atoms. The summed E-state index contributed by atoms with van der Waals surface area (Å²) in [5.74, 6) is 1.06. The van der Waals surface area contributed by atoms with E-state index in [1.54, 1.807) is 12.3 Å². The fourth-order valence-corrected chi connectivity index (χ4v) is 2.01. The fraction of sp³-hybridized carbons (Fsp3) is 0.0667. The van der Waals surface area contributed by atoms with Crippen molar-refractivity contribution in [2.45, 2.75) is 0 Å². The van der Waals surface area contributed by atoms with E-state index in [4.69, 9.17) is 4.74 Å². The van der Waals surface area contributed by atoms with Crippen LogP contribution in [0.3, 0.4) is 0 Å². The zero-order valence-corrected chi connectivity index (χ0v) is 13.6. The summed E-state index contributed by atoms with van der Waals surface area (Å²) in [4.78, 5) is 13.9. The van der Waals surface area contributed by atoms with E-state index in [1.165, 1.54) is 12.1 Å². The van der Waals surface area contributed by atoms with Crippen LogP contribution in [0.25, 0.3) is 0 Å². The minimum atomic E-state index is -0.509. The number of rotatable bonds is 7. The summed E-state index contributed by atoms with van der Waals surface area (Å²) in [6.45, 7) is 4.00. The average Bonchev–Trinajstić information content (AvgIpc) is 2.54. The van der Waals surface area contributed by atoms with Crippen molar-refractivity contribution in [1.29, 1.82) is 0 Å². The Morgan fingerprint density at radius 2 is 2.26 bits per heavy atom. The van der Waals surface area contributed by atoms with Crippen LogP contribution in [0.4, 0.5) is 11.5 Å². The molecule has 0 saturated carbocycles. The first kappa shape index (κ1) is 16.6. The summed E-state index contributed by atoms with van der Waals surface area (Å²) in [7, 11) is 0. The Kier molecular flexibility index (Phi) is 5.81. The van der Waals surface area contributed by atoms with Crippen LogP contribution in [0.1, 0.15) is 5.56 Å². The molecule has 8 heteroatoms. The molecule has 0 unspecified atom stereocenters. The van der Waals surface area contributed by atoms with E-state index in [0.29, 0.717) is 18.2 Å². The highest BCUT2D eigenvalue weighted by molar-refractivity contribution is 9.10. The molecule has 7 nitrogen and oxygen atoms in total. The topological polar surface area (TPSA) is 89.6 Å². The molecule has 2 rings (SSSR count). The van der Waals surface area contributed by atoms with Gasteiger partial charge in [-0.2, -0.15) is 5.10 Å². The number of aromatic nitrogens is 1. The SMILES string of the molecule is C=CCOc1ccc(Br)cc1/C=N\Nc1ccc([N+](=O)[O-])cn1. The predicted molar refractivity (Wildman–Crippen MR) is 91.9 cm³/mol. The van der Waals surface area contributed by atoms with Crippen molar-refractivity contribution in [3.05, 3.63) is 69.3 Å². The zero-order valence-electron chi connectivity index (χ0n) is 12.0. The molecule has 0 fully saturated rings. The number of nitrogens with zero attached hydrogens (tertiary/aromatic N) is 3. The fourth-order valence-electron chi connectivity index (χ4n) is 1.63. The highest BCUT2D eigenvalue weighted by atomic mass is 79.9. The van der Waals surface area contributed by atoms with Crippen molar-refractivity contribution < 1.29 is 9.66 Å². The Hall–Kier alpha value is -2.74. The number of pyridine rings is 1. The van der Waals surface area contributed by atoms with Gasteiger partial charge in [-0.05, 0) is 24.3 Å². The van der Waals surface area contributed by atoms with Gasteiger partial charge in [0.2, 0.25) is 0 Å². The van der Waals surface area contributed by atoms with Crippen molar-refractivity contribution in [2.24, 2.45) is 5.10 Å². The first-order chi connectivity index (χ1) is 11.1. The van der Waals surface area contributed by atoms with Gasteiger partial charge in [-0.1, -0.05) is 28.6 Å². The maximum absolute atomic E-state index is 10.6. The molecule has 1 aromatic heterocycles. The average molecular weight is 377 g/mol. The Labute approximate surface area is 141 Å². The number of hydrogen-bond donors (Lipinski definition) is 1. The second kappa shape index (κ2) is 8.04. The lowest BCUT2D eigenvalue weighted by molar-refractivity contribution is -0.385. The molecule has 1 heterocycles. The second-order valence-electron chi connectivity index (χ2n) is 4.31. The lowest BCUT2D eigenvalue weighted by atomic mass is 10.2. The highest BCUT2D eigenvalue weighted by Gasteiger charge is 2.05. The Morgan fingerprint density at radius 3 is 2.91 bits per heavy atom. The smallest absolute Gasteiger partial charge is 0.287 e. The molecule has 1 aromatic carbocycles. The summed E-state index contributed by atoms with van der Waals surface area (Å²) >= 11 is 3.39. The summed E-state index contributed by atoms with van der Waals surface area (Å²) in [6.07, 6.45) is 4.39. The van der Waals surface area contributed by atoms with Crippen LogP contribution in [0.2, 0.25) is 0 Å². The quantitative estimate of drug-likeness (QED) is 0.343. The second-order valence-corrected chi connectivity index (χ2v) is 5.23. The highest BCUT2D eigenvalue weighted by Crippen LogP contribution is 2.22. The maximum atomic E-state index is 10.6. The molecule has 0 aliphatic heterocycles. The monoisotopic (exact) mass is 376 g/mol. The number of halogens is 1. The minimum Gasteiger partial charge on any atom is -0.489 e. The van der Waals surface area contributed by atoms with Crippen molar-refractivity contribution >= 4 is 33.6 Å². The van der Waals surface area contributed by atoms with Crippen LogP contribution in [0.5, 0.6) is 5.75 Å². The molecule has 0 saturated heterocycles. The van der Waals surface area contributed by atoms with Crippen molar-refractivity contribution in [3.63, 3.8) is 0 Å². The number of hydrogen-bond acceptors (Lipinski definition) is 6. The number of nitro groups is 1. The van der Waals surface area contributed by atoms with Crippen LogP contribution in [-0.2, 0) is 0 Å². The van der Waals surface area contributed by atoms with Crippen LogP contribution < -0.4 is 10.2 Å². The predicted octanol–water partition coefficient (Wildman–Crippen LogP) is 3.76. The first-order valence-corrected chi connectivity index (χ1v) is 7.32. The van der Waals surface area contributed by atoms with Gasteiger partial charge in [0, 0.05) is 16.1 Å². The van der Waals surface area contributed by atoms with E-state index < -0.39 is 4.92 Å². The van der Waals surface area contributed by atoms with E-state index in [0.717, 1.165) is 16.2 Å². The van der Waals surface area contributed by atoms with Crippen LogP contribution in [-0.4, -0.2) is 22.7 Å². The van der Waals surface area contributed by atoms with Crippen LogP contribution in [0.15, 0.2) is 58.8 Å². The van der Waals surface area contributed by atoms with E-state index in [1.807, 2.05) is 18.2 Å². The van der Waals surface area contributed by atoms with Crippen molar-refractivity contribution in [3.8, 4) is 5.75 Å². The van der Waals surface area contributed by atoms with E-state index in [2.05, 4.69) is 38.0 Å². The summed E-state index contributed by atoms with van der Waals surface area (Å²) in [5.41, 5.74) is 3.39. The van der Waals surface area contributed by atoms with Gasteiger partial charge >= 0.3 is 0 Å². The molecule has 0 radical (unpaired) electrons. The van der Waals surface area contributed by atoms with Crippen LogP contribution >= 0.6 is 15.9 Å².